The Morgan fingerprint density at radius 1 is 1.73 bits per heavy atom. The predicted octanol–water partition coefficient (Wildman–Crippen LogP) is 1.39. The van der Waals surface area contributed by atoms with Gasteiger partial charge in [0.2, 0.25) is 0 Å². The molecule has 0 bridgehead atoms. The highest BCUT2D eigenvalue weighted by Crippen LogP contribution is 2.14. The van der Waals surface area contributed by atoms with Gasteiger partial charge in [0.15, 0.2) is 0 Å². The smallest absolute Gasteiger partial charge is 0.0556 e. The molecule has 1 rings (SSSR count). The van der Waals surface area contributed by atoms with Crippen LogP contribution in [0.25, 0.3) is 0 Å². The molecular weight excluding hydrogens is 158 g/mol. The Balaban J connectivity index is 2.36. The van der Waals surface area contributed by atoms with Crippen molar-refractivity contribution in [3.8, 4) is 0 Å². The van der Waals surface area contributed by atoms with Crippen LogP contribution in [0.2, 0.25) is 0 Å². The highest BCUT2D eigenvalue weighted by molar-refractivity contribution is 7.07. The average Bonchev–Trinajstić information content (AvgIpc) is 2.52. The molecule has 1 aromatic heterocycles. The van der Waals surface area contributed by atoms with Crippen molar-refractivity contribution in [1.29, 1.82) is 0 Å². The van der Waals surface area contributed by atoms with Crippen LogP contribution in [-0.2, 0) is 0 Å². The molecule has 0 saturated carbocycles. The zero-order valence-corrected chi connectivity index (χ0v) is 7.40. The number of nitrogens with one attached hydrogen (secondary N) is 1. The molecule has 2 nitrogen and oxygen atoms in total. The van der Waals surface area contributed by atoms with Crippen molar-refractivity contribution in [2.24, 2.45) is 0 Å². The third-order valence-electron chi connectivity index (χ3n) is 1.61. The molecule has 1 aromatic rings. The molecular formula is C8H13NOS. The van der Waals surface area contributed by atoms with Crippen LogP contribution in [0.15, 0.2) is 16.8 Å². The molecule has 11 heavy (non-hydrogen) atoms. The summed E-state index contributed by atoms with van der Waals surface area (Å²) < 4.78 is 0. The van der Waals surface area contributed by atoms with Gasteiger partial charge in [0.25, 0.3) is 0 Å². The van der Waals surface area contributed by atoms with Gasteiger partial charge in [0.05, 0.1) is 6.61 Å². The first-order chi connectivity index (χ1) is 5.34. The van der Waals surface area contributed by atoms with Crippen LogP contribution in [0, 0.1) is 0 Å². The van der Waals surface area contributed by atoms with Gasteiger partial charge in [-0.05, 0) is 29.3 Å². The maximum Gasteiger partial charge on any atom is 0.0556 e. The summed E-state index contributed by atoms with van der Waals surface area (Å²) in [6.07, 6.45) is 0. The van der Waals surface area contributed by atoms with Crippen LogP contribution < -0.4 is 5.32 Å². The van der Waals surface area contributed by atoms with Crippen LogP contribution in [0.3, 0.4) is 0 Å². The van der Waals surface area contributed by atoms with Gasteiger partial charge in [0.1, 0.15) is 0 Å². The quantitative estimate of drug-likeness (QED) is 0.717. The van der Waals surface area contributed by atoms with E-state index in [1.54, 1.807) is 11.3 Å². The number of rotatable bonds is 4. The van der Waals surface area contributed by atoms with E-state index >= 15 is 0 Å². The summed E-state index contributed by atoms with van der Waals surface area (Å²) in [5.41, 5.74) is 1.29. The van der Waals surface area contributed by atoms with Crippen molar-refractivity contribution < 1.29 is 5.11 Å². The molecule has 0 aliphatic rings. The minimum absolute atomic E-state index is 0.203. The lowest BCUT2D eigenvalue weighted by molar-refractivity contribution is 0.286. The van der Waals surface area contributed by atoms with Crippen molar-refractivity contribution in [2.45, 2.75) is 13.0 Å². The Hall–Kier alpha value is -0.380. The Kier molecular flexibility index (Phi) is 3.56. The lowest BCUT2D eigenvalue weighted by Gasteiger charge is -2.10. The first kappa shape index (κ1) is 8.71. The largest absolute Gasteiger partial charge is 0.395 e. The maximum atomic E-state index is 8.55. The second kappa shape index (κ2) is 4.49. The van der Waals surface area contributed by atoms with E-state index < -0.39 is 0 Å². The highest BCUT2D eigenvalue weighted by atomic mass is 32.1. The van der Waals surface area contributed by atoms with E-state index in [4.69, 9.17) is 5.11 Å². The monoisotopic (exact) mass is 171 g/mol. The van der Waals surface area contributed by atoms with Crippen molar-refractivity contribution in [3.63, 3.8) is 0 Å². The molecule has 0 radical (unpaired) electrons. The summed E-state index contributed by atoms with van der Waals surface area (Å²) in [7, 11) is 0. The third kappa shape index (κ3) is 2.61. The molecule has 0 aliphatic carbocycles. The van der Waals surface area contributed by atoms with Crippen LogP contribution in [0.4, 0.5) is 0 Å². The van der Waals surface area contributed by atoms with E-state index in [1.165, 1.54) is 5.56 Å². The predicted molar refractivity (Wildman–Crippen MR) is 47.8 cm³/mol. The van der Waals surface area contributed by atoms with E-state index in [0.717, 1.165) is 0 Å². The van der Waals surface area contributed by atoms with Crippen molar-refractivity contribution in [1.82, 2.24) is 5.32 Å². The van der Waals surface area contributed by atoms with E-state index in [0.29, 0.717) is 12.6 Å². The normalized spacial score (nSPS) is 13.3. The Bertz CT molecular complexity index is 186. The van der Waals surface area contributed by atoms with Crippen LogP contribution in [0.5, 0.6) is 0 Å². The van der Waals surface area contributed by atoms with Gasteiger partial charge < -0.3 is 10.4 Å². The van der Waals surface area contributed by atoms with Crippen LogP contribution in [-0.4, -0.2) is 18.3 Å². The zero-order valence-electron chi connectivity index (χ0n) is 6.58. The molecule has 0 spiro atoms. The van der Waals surface area contributed by atoms with Crippen LogP contribution >= 0.6 is 11.3 Å². The van der Waals surface area contributed by atoms with E-state index in [1.807, 2.05) is 0 Å². The fourth-order valence-electron chi connectivity index (χ4n) is 0.920. The lowest BCUT2D eigenvalue weighted by Crippen LogP contribution is -2.21. The fraction of sp³-hybridized carbons (Fsp3) is 0.500. The molecule has 1 heterocycles. The summed E-state index contributed by atoms with van der Waals surface area (Å²) in [5, 5.41) is 15.9. The highest BCUT2D eigenvalue weighted by Gasteiger charge is 2.02. The molecule has 0 aliphatic heterocycles. The van der Waals surface area contributed by atoms with Crippen molar-refractivity contribution in [2.75, 3.05) is 13.2 Å². The molecule has 62 valence electrons. The fourth-order valence-corrected chi connectivity index (χ4v) is 1.67. The topological polar surface area (TPSA) is 32.3 Å². The third-order valence-corrected chi connectivity index (χ3v) is 2.31. The molecule has 0 amide bonds. The molecule has 2 N–H and O–H groups in total. The molecule has 0 aromatic carbocycles. The number of thiophene rings is 1. The van der Waals surface area contributed by atoms with Gasteiger partial charge in [-0.1, -0.05) is 0 Å². The SMILES string of the molecule is CC(NCCO)c1ccsc1. The Morgan fingerprint density at radius 3 is 3.09 bits per heavy atom. The van der Waals surface area contributed by atoms with Gasteiger partial charge in [-0.2, -0.15) is 11.3 Å². The molecule has 0 fully saturated rings. The van der Waals surface area contributed by atoms with Crippen molar-refractivity contribution >= 4 is 11.3 Å². The summed E-state index contributed by atoms with van der Waals surface area (Å²) in [5.74, 6) is 0. The number of aliphatic hydroxyl groups is 1. The summed E-state index contributed by atoms with van der Waals surface area (Å²) in [4.78, 5) is 0. The summed E-state index contributed by atoms with van der Waals surface area (Å²) >= 11 is 1.70. The molecule has 1 atom stereocenters. The summed E-state index contributed by atoms with van der Waals surface area (Å²) in [6, 6.07) is 2.45. The maximum absolute atomic E-state index is 8.55. The van der Waals surface area contributed by atoms with Gasteiger partial charge in [-0.3, -0.25) is 0 Å². The molecule has 1 unspecified atom stereocenters. The number of hydrogen-bond donors (Lipinski definition) is 2. The average molecular weight is 171 g/mol. The molecule has 3 heteroatoms. The first-order valence-electron chi connectivity index (χ1n) is 3.71. The second-order valence-corrected chi connectivity index (χ2v) is 3.24. The van der Waals surface area contributed by atoms with Gasteiger partial charge in [-0.15, -0.1) is 0 Å². The van der Waals surface area contributed by atoms with Gasteiger partial charge >= 0.3 is 0 Å². The standard InChI is InChI=1S/C8H13NOS/c1-7(9-3-4-10)8-2-5-11-6-8/h2,5-7,9-10H,3-4H2,1H3. The number of hydrogen-bond acceptors (Lipinski definition) is 3. The summed E-state index contributed by atoms with van der Waals surface area (Å²) in [6.45, 7) is 2.96. The van der Waals surface area contributed by atoms with E-state index in [-0.39, 0.29) is 6.61 Å². The van der Waals surface area contributed by atoms with E-state index in [9.17, 15) is 0 Å². The Labute approximate surface area is 70.9 Å². The number of aliphatic hydroxyl groups excluding tert-OH is 1. The van der Waals surface area contributed by atoms with Crippen molar-refractivity contribution in [3.05, 3.63) is 22.4 Å². The van der Waals surface area contributed by atoms with Crippen LogP contribution in [0.1, 0.15) is 18.5 Å². The minimum atomic E-state index is 0.203. The Morgan fingerprint density at radius 2 is 2.55 bits per heavy atom. The van der Waals surface area contributed by atoms with Gasteiger partial charge in [0, 0.05) is 12.6 Å². The van der Waals surface area contributed by atoms with E-state index in [2.05, 4.69) is 29.1 Å². The lowest BCUT2D eigenvalue weighted by atomic mass is 10.2. The first-order valence-corrected chi connectivity index (χ1v) is 4.65. The zero-order chi connectivity index (χ0) is 8.10. The van der Waals surface area contributed by atoms with Gasteiger partial charge in [-0.25, -0.2) is 0 Å². The minimum Gasteiger partial charge on any atom is -0.395 e. The second-order valence-electron chi connectivity index (χ2n) is 2.46. The molecule has 0 saturated heterocycles.